The van der Waals surface area contributed by atoms with Gasteiger partial charge in [-0.3, -0.25) is 0 Å². The van der Waals surface area contributed by atoms with Crippen molar-refractivity contribution in [3.8, 4) is 5.75 Å². The summed E-state index contributed by atoms with van der Waals surface area (Å²) in [5.74, 6) is 0.179. The summed E-state index contributed by atoms with van der Waals surface area (Å²) in [5.41, 5.74) is 1.69. The smallest absolute Gasteiger partial charge is 0.124 e. The third kappa shape index (κ3) is 6.27. The summed E-state index contributed by atoms with van der Waals surface area (Å²) in [6.07, 6.45) is 11.3. The topological polar surface area (TPSA) is 52.8 Å². The zero-order valence-electron chi connectivity index (χ0n) is 11.8. The zero-order chi connectivity index (χ0) is 13.9. The molecule has 0 amide bonds. The van der Waals surface area contributed by atoms with Gasteiger partial charge in [-0.15, -0.1) is 0 Å². The van der Waals surface area contributed by atoms with Crippen molar-refractivity contribution in [1.82, 2.24) is 0 Å². The molecular formula is C16H25NO2. The molecule has 106 valence electrons. The maximum absolute atomic E-state index is 9.72. The van der Waals surface area contributed by atoms with Gasteiger partial charge in [-0.1, -0.05) is 56.7 Å². The summed E-state index contributed by atoms with van der Waals surface area (Å²) in [5, 5.41) is 21.1. The van der Waals surface area contributed by atoms with Crippen molar-refractivity contribution in [1.29, 1.82) is 0 Å². The summed E-state index contributed by atoms with van der Waals surface area (Å²) >= 11 is 0. The standard InChI is InChI=1S/C16H25NO2/c1-2-3-4-5-6-7-8-9-14-10-11-15(13-17-19)16(18)12-14/h10-13,18-19H,2-9H2,1H3. The second-order valence-electron chi connectivity index (χ2n) is 5.01. The van der Waals surface area contributed by atoms with Gasteiger partial charge in [0.15, 0.2) is 0 Å². The zero-order valence-corrected chi connectivity index (χ0v) is 11.8. The van der Waals surface area contributed by atoms with Crippen LogP contribution in [0, 0.1) is 0 Å². The Morgan fingerprint density at radius 2 is 1.74 bits per heavy atom. The first-order chi connectivity index (χ1) is 9.27. The third-order valence-electron chi connectivity index (χ3n) is 3.36. The molecule has 0 aromatic heterocycles. The molecule has 0 radical (unpaired) electrons. The molecule has 2 N–H and O–H groups in total. The van der Waals surface area contributed by atoms with Crippen LogP contribution in [-0.2, 0) is 6.42 Å². The van der Waals surface area contributed by atoms with Crippen LogP contribution in [0.15, 0.2) is 23.4 Å². The Morgan fingerprint density at radius 3 is 2.37 bits per heavy atom. The van der Waals surface area contributed by atoms with Gasteiger partial charge in [0.25, 0.3) is 0 Å². The minimum absolute atomic E-state index is 0.179. The second kappa shape index (κ2) is 9.42. The van der Waals surface area contributed by atoms with E-state index in [1.54, 1.807) is 12.1 Å². The molecule has 0 fully saturated rings. The predicted molar refractivity (Wildman–Crippen MR) is 79.2 cm³/mol. The monoisotopic (exact) mass is 263 g/mol. The Kier molecular flexibility index (Phi) is 7.71. The molecule has 0 aliphatic carbocycles. The maximum Gasteiger partial charge on any atom is 0.124 e. The number of oxime groups is 1. The van der Waals surface area contributed by atoms with E-state index in [1.165, 1.54) is 51.2 Å². The SMILES string of the molecule is CCCCCCCCCc1ccc(C=NO)c(O)c1. The Morgan fingerprint density at radius 1 is 1.05 bits per heavy atom. The molecule has 0 bridgehead atoms. The molecule has 0 spiro atoms. The van der Waals surface area contributed by atoms with E-state index in [1.807, 2.05) is 6.07 Å². The quantitative estimate of drug-likeness (QED) is 0.298. The Hall–Kier alpha value is -1.51. The highest BCUT2D eigenvalue weighted by Gasteiger charge is 2.01. The number of rotatable bonds is 9. The second-order valence-corrected chi connectivity index (χ2v) is 5.01. The summed E-state index contributed by atoms with van der Waals surface area (Å²) in [6, 6.07) is 5.52. The fourth-order valence-corrected chi connectivity index (χ4v) is 2.20. The highest BCUT2D eigenvalue weighted by atomic mass is 16.4. The van der Waals surface area contributed by atoms with Crippen LogP contribution in [0.5, 0.6) is 5.75 Å². The van der Waals surface area contributed by atoms with Gasteiger partial charge in [-0.05, 0) is 30.5 Å². The Bertz CT molecular complexity index is 388. The maximum atomic E-state index is 9.72. The van der Waals surface area contributed by atoms with Gasteiger partial charge in [0.1, 0.15) is 5.75 Å². The third-order valence-corrected chi connectivity index (χ3v) is 3.36. The minimum atomic E-state index is 0.179. The van der Waals surface area contributed by atoms with Gasteiger partial charge in [0.05, 0.1) is 6.21 Å². The molecule has 0 saturated carbocycles. The molecule has 0 heterocycles. The fraction of sp³-hybridized carbons (Fsp3) is 0.562. The number of phenols is 1. The number of aromatic hydroxyl groups is 1. The van der Waals surface area contributed by atoms with Crippen molar-refractivity contribution in [3.05, 3.63) is 29.3 Å². The van der Waals surface area contributed by atoms with Crippen LogP contribution in [0.3, 0.4) is 0 Å². The molecular weight excluding hydrogens is 238 g/mol. The van der Waals surface area contributed by atoms with Crippen LogP contribution >= 0.6 is 0 Å². The molecule has 0 atom stereocenters. The summed E-state index contributed by atoms with van der Waals surface area (Å²) in [7, 11) is 0. The Balaban J connectivity index is 2.24. The van der Waals surface area contributed by atoms with E-state index in [2.05, 4.69) is 12.1 Å². The summed E-state index contributed by atoms with van der Waals surface area (Å²) in [4.78, 5) is 0. The first-order valence-corrected chi connectivity index (χ1v) is 7.27. The van der Waals surface area contributed by atoms with Gasteiger partial charge >= 0.3 is 0 Å². The summed E-state index contributed by atoms with van der Waals surface area (Å²) in [6.45, 7) is 2.23. The van der Waals surface area contributed by atoms with Gasteiger partial charge in [-0.2, -0.15) is 0 Å². The highest BCUT2D eigenvalue weighted by Crippen LogP contribution is 2.19. The molecule has 0 aliphatic rings. The normalized spacial score (nSPS) is 11.2. The molecule has 0 saturated heterocycles. The lowest BCUT2D eigenvalue weighted by Crippen LogP contribution is -1.89. The lowest BCUT2D eigenvalue weighted by molar-refractivity contribution is 0.321. The Labute approximate surface area is 116 Å². The number of phenolic OH excluding ortho intramolecular Hbond substituents is 1. The van der Waals surface area contributed by atoms with E-state index in [-0.39, 0.29) is 5.75 Å². The lowest BCUT2D eigenvalue weighted by atomic mass is 10.0. The van der Waals surface area contributed by atoms with E-state index in [4.69, 9.17) is 5.21 Å². The molecule has 1 aromatic carbocycles. The van der Waals surface area contributed by atoms with Crippen molar-refractivity contribution >= 4 is 6.21 Å². The number of unbranched alkanes of at least 4 members (excludes halogenated alkanes) is 6. The van der Waals surface area contributed by atoms with Gasteiger partial charge < -0.3 is 10.3 Å². The minimum Gasteiger partial charge on any atom is -0.507 e. The average Bonchev–Trinajstić information content (AvgIpc) is 2.41. The molecule has 19 heavy (non-hydrogen) atoms. The van der Waals surface area contributed by atoms with E-state index >= 15 is 0 Å². The number of hydrogen-bond donors (Lipinski definition) is 2. The number of nitrogens with zero attached hydrogens (tertiary/aromatic N) is 1. The van der Waals surface area contributed by atoms with Crippen molar-refractivity contribution in [2.75, 3.05) is 0 Å². The van der Waals surface area contributed by atoms with Gasteiger partial charge in [-0.25, -0.2) is 0 Å². The first kappa shape index (κ1) is 15.5. The van der Waals surface area contributed by atoms with E-state index in [0.717, 1.165) is 12.0 Å². The van der Waals surface area contributed by atoms with Crippen LogP contribution in [-0.4, -0.2) is 16.5 Å². The van der Waals surface area contributed by atoms with E-state index in [9.17, 15) is 5.11 Å². The lowest BCUT2D eigenvalue weighted by Gasteiger charge is -2.04. The molecule has 1 rings (SSSR count). The molecule has 3 heteroatoms. The number of aryl methyl sites for hydroxylation is 1. The van der Waals surface area contributed by atoms with Crippen molar-refractivity contribution in [3.63, 3.8) is 0 Å². The highest BCUT2D eigenvalue weighted by molar-refractivity contribution is 5.82. The average molecular weight is 263 g/mol. The fourth-order valence-electron chi connectivity index (χ4n) is 2.20. The molecule has 3 nitrogen and oxygen atoms in total. The van der Waals surface area contributed by atoms with Crippen molar-refractivity contribution in [2.45, 2.75) is 58.3 Å². The predicted octanol–water partition coefficient (Wildman–Crippen LogP) is 4.49. The van der Waals surface area contributed by atoms with Crippen molar-refractivity contribution in [2.24, 2.45) is 5.16 Å². The molecule has 1 aromatic rings. The van der Waals surface area contributed by atoms with Crippen LogP contribution in [0.1, 0.15) is 63.0 Å². The summed E-state index contributed by atoms with van der Waals surface area (Å²) < 4.78 is 0. The van der Waals surface area contributed by atoms with Crippen molar-refractivity contribution < 1.29 is 10.3 Å². The van der Waals surface area contributed by atoms with Crippen LogP contribution in [0.2, 0.25) is 0 Å². The number of hydrogen-bond acceptors (Lipinski definition) is 3. The first-order valence-electron chi connectivity index (χ1n) is 7.27. The van der Waals surface area contributed by atoms with E-state index in [0.29, 0.717) is 5.56 Å². The largest absolute Gasteiger partial charge is 0.507 e. The van der Waals surface area contributed by atoms with Crippen LogP contribution in [0.25, 0.3) is 0 Å². The van der Waals surface area contributed by atoms with Crippen LogP contribution in [0.4, 0.5) is 0 Å². The van der Waals surface area contributed by atoms with E-state index < -0.39 is 0 Å². The van der Waals surface area contributed by atoms with Gasteiger partial charge in [0.2, 0.25) is 0 Å². The van der Waals surface area contributed by atoms with Crippen LogP contribution < -0.4 is 0 Å². The molecule has 0 aliphatic heterocycles. The number of benzene rings is 1. The molecule has 0 unspecified atom stereocenters. The van der Waals surface area contributed by atoms with Gasteiger partial charge in [0, 0.05) is 5.56 Å².